The third kappa shape index (κ3) is 17.2. The molecule has 0 spiro atoms. The number of carbonyl (C=O) groups excluding carboxylic acids is 1. The van der Waals surface area contributed by atoms with E-state index in [1.807, 2.05) is 6.92 Å². The van der Waals surface area contributed by atoms with E-state index >= 15 is 0 Å². The minimum absolute atomic E-state index is 0.201. The first-order chi connectivity index (χ1) is 11.7. The maximum Gasteiger partial charge on any atom is 0.407 e. The Hall–Kier alpha value is -1.42. The van der Waals surface area contributed by atoms with Gasteiger partial charge in [-0.15, -0.1) is 0 Å². The van der Waals surface area contributed by atoms with E-state index in [1.54, 1.807) is 20.8 Å². The van der Waals surface area contributed by atoms with E-state index in [-0.39, 0.29) is 19.7 Å². The Bertz CT molecular complexity index is 372. The van der Waals surface area contributed by atoms with Crippen LogP contribution >= 0.6 is 0 Å². The minimum Gasteiger partial charge on any atom is -0.480 e. The van der Waals surface area contributed by atoms with Crippen molar-refractivity contribution in [3.63, 3.8) is 0 Å². The number of hydrogen-bond acceptors (Lipinski definition) is 7. The molecule has 148 valence electrons. The zero-order valence-corrected chi connectivity index (χ0v) is 15.6. The molecule has 0 aliphatic carbocycles. The number of nitrogens with one attached hydrogen (secondary N) is 2. The summed E-state index contributed by atoms with van der Waals surface area (Å²) in [6, 6.07) is -0.419. The molecule has 0 aromatic heterocycles. The number of carboxylic acid groups (broad SMARTS) is 1. The van der Waals surface area contributed by atoms with Crippen molar-refractivity contribution in [3.8, 4) is 0 Å². The van der Waals surface area contributed by atoms with Crippen LogP contribution in [0.3, 0.4) is 0 Å². The third-order valence-corrected chi connectivity index (χ3v) is 2.65. The number of hydrogen-bond donors (Lipinski definition) is 3. The van der Waals surface area contributed by atoms with Crippen molar-refractivity contribution in [3.05, 3.63) is 0 Å². The molecule has 0 fully saturated rings. The molecule has 0 saturated heterocycles. The van der Waals surface area contributed by atoms with Crippen LogP contribution < -0.4 is 10.6 Å². The topological polar surface area (TPSA) is 115 Å². The summed E-state index contributed by atoms with van der Waals surface area (Å²) in [5.41, 5.74) is -0.613. The SMILES string of the molecule is CCOCCOCCOC[C@H](CNCC(=O)O)NC(=O)OC(C)(C)C. The summed E-state index contributed by atoms with van der Waals surface area (Å²) in [6.45, 7) is 9.92. The standard InChI is InChI=1S/C16H32N2O7/c1-5-22-6-7-23-8-9-24-12-13(10-17-11-14(19)20)18-15(21)25-16(2,3)4/h13,17H,5-12H2,1-4H3,(H,18,21)(H,19,20)/t13-/m0/s1. The summed E-state index contributed by atoms with van der Waals surface area (Å²) in [4.78, 5) is 22.4. The predicted molar refractivity (Wildman–Crippen MR) is 91.8 cm³/mol. The predicted octanol–water partition coefficient (Wildman–Crippen LogP) is 0.624. The summed E-state index contributed by atoms with van der Waals surface area (Å²) >= 11 is 0. The van der Waals surface area contributed by atoms with E-state index in [4.69, 9.17) is 24.1 Å². The van der Waals surface area contributed by atoms with Crippen LogP contribution in [0.15, 0.2) is 0 Å². The molecule has 1 amide bonds. The van der Waals surface area contributed by atoms with Gasteiger partial charge in [0.1, 0.15) is 5.60 Å². The Morgan fingerprint density at radius 1 is 1.04 bits per heavy atom. The fourth-order valence-corrected chi connectivity index (χ4v) is 1.69. The molecule has 0 saturated carbocycles. The lowest BCUT2D eigenvalue weighted by Gasteiger charge is -2.23. The highest BCUT2D eigenvalue weighted by atomic mass is 16.6. The molecule has 25 heavy (non-hydrogen) atoms. The van der Waals surface area contributed by atoms with Gasteiger partial charge in [-0.25, -0.2) is 4.79 Å². The van der Waals surface area contributed by atoms with Crippen LogP contribution in [0.25, 0.3) is 0 Å². The second-order valence-electron chi connectivity index (χ2n) is 6.25. The second-order valence-corrected chi connectivity index (χ2v) is 6.25. The fraction of sp³-hybridized carbons (Fsp3) is 0.875. The van der Waals surface area contributed by atoms with Crippen LogP contribution in [0.4, 0.5) is 4.79 Å². The van der Waals surface area contributed by atoms with E-state index < -0.39 is 23.7 Å². The second kappa shape index (κ2) is 13.8. The molecule has 0 aromatic rings. The molecule has 0 aliphatic rings. The number of rotatable bonds is 14. The Morgan fingerprint density at radius 2 is 1.64 bits per heavy atom. The average Bonchev–Trinajstić information content (AvgIpc) is 2.47. The van der Waals surface area contributed by atoms with E-state index in [0.29, 0.717) is 33.0 Å². The highest BCUT2D eigenvalue weighted by molar-refractivity contribution is 5.69. The van der Waals surface area contributed by atoms with Gasteiger partial charge < -0.3 is 34.7 Å². The van der Waals surface area contributed by atoms with Gasteiger partial charge in [0.05, 0.1) is 45.6 Å². The maximum absolute atomic E-state index is 11.8. The summed E-state index contributed by atoms with van der Waals surface area (Å²) in [5.74, 6) is -0.973. The summed E-state index contributed by atoms with van der Waals surface area (Å²) in [5, 5.41) is 14.1. The number of carboxylic acids is 1. The Kier molecular flexibility index (Phi) is 13.0. The molecule has 1 atom stereocenters. The first-order valence-corrected chi connectivity index (χ1v) is 8.40. The molecule has 0 bridgehead atoms. The van der Waals surface area contributed by atoms with Crippen LogP contribution in [-0.2, 0) is 23.7 Å². The van der Waals surface area contributed by atoms with Gasteiger partial charge in [-0.05, 0) is 27.7 Å². The summed E-state index contributed by atoms with van der Waals surface area (Å²) in [6.07, 6.45) is -0.578. The van der Waals surface area contributed by atoms with Crippen molar-refractivity contribution in [2.75, 3.05) is 52.7 Å². The average molecular weight is 364 g/mol. The number of amides is 1. The zero-order valence-electron chi connectivity index (χ0n) is 15.6. The van der Waals surface area contributed by atoms with Crippen LogP contribution in [0, 0.1) is 0 Å². The Morgan fingerprint density at radius 3 is 2.20 bits per heavy atom. The van der Waals surface area contributed by atoms with Gasteiger partial charge >= 0.3 is 12.1 Å². The highest BCUT2D eigenvalue weighted by Crippen LogP contribution is 2.06. The first kappa shape index (κ1) is 23.6. The van der Waals surface area contributed by atoms with Crippen LogP contribution in [0.5, 0.6) is 0 Å². The molecule has 0 radical (unpaired) electrons. The molecule has 3 N–H and O–H groups in total. The molecule has 0 unspecified atom stereocenters. The lowest BCUT2D eigenvalue weighted by atomic mass is 10.2. The molecule has 9 heteroatoms. The summed E-state index contributed by atoms with van der Waals surface area (Å²) in [7, 11) is 0. The molecule has 0 heterocycles. The van der Waals surface area contributed by atoms with Crippen molar-refractivity contribution in [2.24, 2.45) is 0 Å². The quantitative estimate of drug-likeness (QED) is 0.384. The Labute approximate surface area is 149 Å². The molecule has 9 nitrogen and oxygen atoms in total. The minimum atomic E-state index is -0.973. The van der Waals surface area contributed by atoms with Gasteiger partial charge in [0.25, 0.3) is 0 Å². The van der Waals surface area contributed by atoms with Crippen molar-refractivity contribution in [1.82, 2.24) is 10.6 Å². The molecular weight excluding hydrogens is 332 g/mol. The fourth-order valence-electron chi connectivity index (χ4n) is 1.69. The van der Waals surface area contributed by atoms with Crippen LogP contribution in [0.2, 0.25) is 0 Å². The zero-order chi connectivity index (χ0) is 19.1. The lowest BCUT2D eigenvalue weighted by Crippen LogP contribution is -2.47. The van der Waals surface area contributed by atoms with Crippen molar-refractivity contribution >= 4 is 12.1 Å². The van der Waals surface area contributed by atoms with Gasteiger partial charge in [0.2, 0.25) is 0 Å². The third-order valence-electron chi connectivity index (χ3n) is 2.65. The lowest BCUT2D eigenvalue weighted by molar-refractivity contribution is -0.135. The number of aliphatic carboxylic acids is 1. The Balaban J connectivity index is 4.08. The van der Waals surface area contributed by atoms with E-state index in [1.165, 1.54) is 0 Å². The normalized spacial score (nSPS) is 12.6. The van der Waals surface area contributed by atoms with Gasteiger partial charge in [-0.2, -0.15) is 0 Å². The van der Waals surface area contributed by atoms with Crippen LogP contribution in [0.1, 0.15) is 27.7 Å². The monoisotopic (exact) mass is 364 g/mol. The molecule has 0 aromatic carbocycles. The maximum atomic E-state index is 11.8. The largest absolute Gasteiger partial charge is 0.480 e. The van der Waals surface area contributed by atoms with Gasteiger partial charge in [0.15, 0.2) is 0 Å². The molecular formula is C16H32N2O7. The number of carbonyl (C=O) groups is 2. The van der Waals surface area contributed by atoms with E-state index in [9.17, 15) is 9.59 Å². The van der Waals surface area contributed by atoms with Gasteiger partial charge in [-0.3, -0.25) is 4.79 Å². The molecule has 0 aliphatic heterocycles. The number of ether oxygens (including phenoxy) is 4. The van der Waals surface area contributed by atoms with Gasteiger partial charge in [-0.1, -0.05) is 0 Å². The highest BCUT2D eigenvalue weighted by Gasteiger charge is 2.19. The van der Waals surface area contributed by atoms with E-state index in [0.717, 1.165) is 0 Å². The van der Waals surface area contributed by atoms with Crippen LogP contribution in [-0.4, -0.2) is 81.5 Å². The number of alkyl carbamates (subject to hydrolysis) is 1. The molecule has 0 rings (SSSR count). The van der Waals surface area contributed by atoms with E-state index in [2.05, 4.69) is 10.6 Å². The van der Waals surface area contributed by atoms with Crippen molar-refractivity contribution in [2.45, 2.75) is 39.3 Å². The van der Waals surface area contributed by atoms with Gasteiger partial charge in [0, 0.05) is 13.2 Å². The van der Waals surface area contributed by atoms with Crippen molar-refractivity contribution in [1.29, 1.82) is 0 Å². The van der Waals surface area contributed by atoms with Crippen molar-refractivity contribution < 1.29 is 33.6 Å². The smallest absolute Gasteiger partial charge is 0.407 e. The summed E-state index contributed by atoms with van der Waals surface area (Å²) < 4.78 is 21.1. The first-order valence-electron chi connectivity index (χ1n) is 8.40.